The zero-order chi connectivity index (χ0) is 21.9. The van der Waals surface area contributed by atoms with E-state index >= 15 is 0 Å². The molecule has 4 aromatic rings. The Morgan fingerprint density at radius 1 is 0.938 bits per heavy atom. The third-order valence-corrected chi connectivity index (χ3v) is 7.98. The van der Waals surface area contributed by atoms with Gasteiger partial charge < -0.3 is 5.32 Å². The number of hydrogen-bond acceptors (Lipinski definition) is 3. The molecular weight excluding hydrogens is 412 g/mol. The maximum Gasteiger partial charge on any atom is 0.233 e. The number of nitrogens with one attached hydrogen (secondary N) is 1. The van der Waals surface area contributed by atoms with Crippen LogP contribution >= 0.6 is 11.3 Å². The van der Waals surface area contributed by atoms with Crippen LogP contribution in [0.3, 0.4) is 0 Å². The Hall–Kier alpha value is -3.24. The first-order valence-corrected chi connectivity index (χ1v) is 11.9. The second kappa shape index (κ2) is 7.14. The summed E-state index contributed by atoms with van der Waals surface area (Å²) < 4.78 is 0. The number of carbonyl (C=O) groups excluding carboxylic acids is 1. The van der Waals surface area contributed by atoms with Gasteiger partial charge in [0, 0.05) is 22.8 Å². The number of aryl methyl sites for hydroxylation is 1. The number of anilines is 1. The normalized spacial score (nSPS) is 22.8. The van der Waals surface area contributed by atoms with Gasteiger partial charge in [0.1, 0.15) is 0 Å². The fourth-order valence-corrected chi connectivity index (χ4v) is 6.33. The quantitative estimate of drug-likeness (QED) is 0.386. The van der Waals surface area contributed by atoms with Crippen molar-refractivity contribution >= 4 is 22.4 Å². The number of thiazole rings is 1. The molecule has 4 heteroatoms. The van der Waals surface area contributed by atoms with E-state index in [-0.39, 0.29) is 17.7 Å². The van der Waals surface area contributed by atoms with Crippen LogP contribution in [-0.2, 0) is 4.79 Å². The Labute approximate surface area is 192 Å². The van der Waals surface area contributed by atoms with Crippen molar-refractivity contribution in [2.24, 2.45) is 5.41 Å². The zero-order valence-electron chi connectivity index (χ0n) is 18.1. The van der Waals surface area contributed by atoms with E-state index in [1.807, 2.05) is 5.38 Å². The monoisotopic (exact) mass is 436 g/mol. The van der Waals surface area contributed by atoms with Gasteiger partial charge in [-0.2, -0.15) is 0 Å². The molecule has 1 aromatic heterocycles. The smallest absolute Gasteiger partial charge is 0.233 e. The van der Waals surface area contributed by atoms with Crippen molar-refractivity contribution in [1.29, 1.82) is 0 Å². The number of benzene rings is 3. The minimum atomic E-state index is -0.525. The molecule has 0 radical (unpaired) electrons. The van der Waals surface area contributed by atoms with Gasteiger partial charge in [0.2, 0.25) is 5.91 Å². The lowest BCUT2D eigenvalue weighted by Gasteiger charge is -2.50. The molecule has 3 nitrogen and oxygen atoms in total. The molecule has 0 spiro atoms. The molecule has 158 valence electrons. The van der Waals surface area contributed by atoms with Crippen LogP contribution in [0.25, 0.3) is 11.3 Å². The van der Waals surface area contributed by atoms with Crippen LogP contribution in [0.4, 0.5) is 5.13 Å². The Bertz CT molecular complexity index is 1290. The van der Waals surface area contributed by atoms with Crippen LogP contribution in [0.5, 0.6) is 0 Å². The van der Waals surface area contributed by atoms with E-state index in [0.29, 0.717) is 5.13 Å². The standard InChI is InChI=1S/C28H24N2OS/c1-17-11-13-18(14-12-17)24-16-32-27(29-24)30-26(31)28(2)15-23-19-7-3-5-9-21(19)25(28)22-10-6-4-8-20(22)23/h3-14,16,23,25H,15H2,1-2H3,(H,29,30,31). The van der Waals surface area contributed by atoms with Crippen LogP contribution in [0.1, 0.15) is 53.0 Å². The molecule has 0 saturated carbocycles. The number of carbonyl (C=O) groups is 1. The van der Waals surface area contributed by atoms with Crippen molar-refractivity contribution in [2.75, 3.05) is 5.32 Å². The minimum absolute atomic E-state index is 0.0523. The van der Waals surface area contributed by atoms with Gasteiger partial charge in [-0.05, 0) is 42.5 Å². The molecule has 1 heterocycles. The van der Waals surface area contributed by atoms with E-state index in [2.05, 4.69) is 92.0 Å². The Morgan fingerprint density at radius 2 is 1.53 bits per heavy atom. The van der Waals surface area contributed by atoms with Gasteiger partial charge in [0.25, 0.3) is 0 Å². The van der Waals surface area contributed by atoms with Crippen molar-refractivity contribution in [3.63, 3.8) is 0 Å². The Morgan fingerprint density at radius 3 is 2.16 bits per heavy atom. The van der Waals surface area contributed by atoms with Gasteiger partial charge in [0.15, 0.2) is 5.13 Å². The van der Waals surface area contributed by atoms with E-state index in [1.165, 1.54) is 39.2 Å². The number of rotatable bonds is 3. The molecule has 7 rings (SSSR count). The molecule has 3 aliphatic carbocycles. The zero-order valence-corrected chi connectivity index (χ0v) is 18.9. The third kappa shape index (κ3) is 2.86. The number of aromatic nitrogens is 1. The first-order chi connectivity index (χ1) is 15.5. The number of amides is 1. The molecule has 1 atom stereocenters. The van der Waals surface area contributed by atoms with E-state index in [4.69, 9.17) is 4.98 Å². The van der Waals surface area contributed by atoms with E-state index in [0.717, 1.165) is 17.7 Å². The second-order valence-electron chi connectivity index (χ2n) is 9.22. The first-order valence-electron chi connectivity index (χ1n) is 11.1. The third-order valence-electron chi connectivity index (χ3n) is 7.22. The van der Waals surface area contributed by atoms with Crippen molar-refractivity contribution < 1.29 is 4.79 Å². The van der Waals surface area contributed by atoms with Gasteiger partial charge in [-0.15, -0.1) is 11.3 Å². The maximum atomic E-state index is 13.7. The largest absolute Gasteiger partial charge is 0.301 e. The van der Waals surface area contributed by atoms with Gasteiger partial charge in [0.05, 0.1) is 11.1 Å². The first kappa shape index (κ1) is 19.4. The topological polar surface area (TPSA) is 42.0 Å². The number of nitrogens with zero attached hydrogens (tertiary/aromatic N) is 1. The molecule has 0 fully saturated rings. The lowest BCUT2D eigenvalue weighted by molar-refractivity contribution is -0.126. The molecule has 0 saturated heterocycles. The summed E-state index contributed by atoms with van der Waals surface area (Å²) in [6.07, 6.45) is 0.813. The fourth-order valence-electron chi connectivity index (χ4n) is 5.62. The molecule has 3 aliphatic rings. The van der Waals surface area contributed by atoms with E-state index < -0.39 is 5.41 Å². The summed E-state index contributed by atoms with van der Waals surface area (Å²) in [5, 5.41) is 5.84. The summed E-state index contributed by atoms with van der Waals surface area (Å²) in [5.41, 5.74) is 7.99. The molecule has 32 heavy (non-hydrogen) atoms. The summed E-state index contributed by atoms with van der Waals surface area (Å²) in [5.74, 6) is 0.361. The molecule has 3 aromatic carbocycles. The summed E-state index contributed by atoms with van der Waals surface area (Å²) in [7, 11) is 0. The van der Waals surface area contributed by atoms with Crippen LogP contribution in [-0.4, -0.2) is 10.9 Å². The summed E-state index contributed by atoms with van der Waals surface area (Å²) >= 11 is 1.49. The van der Waals surface area contributed by atoms with Gasteiger partial charge in [-0.3, -0.25) is 4.79 Å². The Kier molecular flexibility index (Phi) is 4.34. The lowest BCUT2D eigenvalue weighted by Crippen LogP contribution is -2.47. The van der Waals surface area contributed by atoms with Crippen LogP contribution in [0.15, 0.2) is 78.2 Å². The van der Waals surface area contributed by atoms with Crippen molar-refractivity contribution in [1.82, 2.24) is 4.98 Å². The number of hydrogen-bond donors (Lipinski definition) is 1. The highest BCUT2D eigenvalue weighted by atomic mass is 32.1. The molecule has 2 bridgehead atoms. The predicted molar refractivity (Wildman–Crippen MR) is 130 cm³/mol. The van der Waals surface area contributed by atoms with Crippen molar-refractivity contribution in [3.05, 3.63) is 106 Å². The van der Waals surface area contributed by atoms with Gasteiger partial charge in [-0.1, -0.05) is 78.4 Å². The molecule has 1 amide bonds. The molecule has 1 unspecified atom stereocenters. The van der Waals surface area contributed by atoms with Crippen LogP contribution in [0, 0.1) is 12.3 Å². The average molecular weight is 437 g/mol. The summed E-state index contributed by atoms with van der Waals surface area (Å²) in [6.45, 7) is 4.20. The van der Waals surface area contributed by atoms with Gasteiger partial charge >= 0.3 is 0 Å². The highest BCUT2D eigenvalue weighted by molar-refractivity contribution is 7.14. The fraction of sp³-hybridized carbons (Fsp3) is 0.214. The average Bonchev–Trinajstić information content (AvgIpc) is 3.28. The molecular formula is C28H24N2OS. The highest BCUT2D eigenvalue weighted by Crippen LogP contribution is 2.61. The summed E-state index contributed by atoms with van der Waals surface area (Å²) in [4.78, 5) is 18.5. The van der Waals surface area contributed by atoms with Crippen LogP contribution in [0.2, 0.25) is 0 Å². The van der Waals surface area contributed by atoms with E-state index in [1.54, 1.807) is 0 Å². The molecule has 1 N–H and O–H groups in total. The maximum absolute atomic E-state index is 13.7. The highest BCUT2D eigenvalue weighted by Gasteiger charge is 2.53. The van der Waals surface area contributed by atoms with Crippen molar-refractivity contribution in [3.8, 4) is 11.3 Å². The molecule has 0 aliphatic heterocycles. The van der Waals surface area contributed by atoms with Crippen molar-refractivity contribution in [2.45, 2.75) is 32.1 Å². The SMILES string of the molecule is Cc1ccc(-c2csc(NC(=O)C3(C)CC4c5ccccc5C3c3ccccc34)n2)cc1. The van der Waals surface area contributed by atoms with E-state index in [9.17, 15) is 4.79 Å². The Balaban J connectivity index is 1.34. The van der Waals surface area contributed by atoms with Crippen LogP contribution < -0.4 is 5.32 Å². The summed E-state index contributed by atoms with van der Waals surface area (Å²) in [6, 6.07) is 25.6. The minimum Gasteiger partial charge on any atom is -0.301 e. The predicted octanol–water partition coefficient (Wildman–Crippen LogP) is 6.74. The lowest BCUT2D eigenvalue weighted by atomic mass is 9.52. The van der Waals surface area contributed by atoms with Gasteiger partial charge in [-0.25, -0.2) is 4.98 Å². The number of fused-ring (bicyclic) bond motifs is 1. The second-order valence-corrected chi connectivity index (χ2v) is 10.1.